The molecular formula is C19H18N4O5S2. The predicted molar refractivity (Wildman–Crippen MR) is 113 cm³/mol. The lowest BCUT2D eigenvalue weighted by Gasteiger charge is -2.30. The molecule has 3 aromatic rings. The van der Waals surface area contributed by atoms with Gasteiger partial charge in [-0.3, -0.25) is 14.9 Å². The Morgan fingerprint density at radius 3 is 2.50 bits per heavy atom. The Morgan fingerprint density at radius 2 is 1.80 bits per heavy atom. The second kappa shape index (κ2) is 8.09. The number of hydrogen-bond donors (Lipinski definition) is 1. The van der Waals surface area contributed by atoms with E-state index in [1.54, 1.807) is 0 Å². The van der Waals surface area contributed by atoms with Gasteiger partial charge in [-0.15, -0.1) is 0 Å². The number of nitro groups is 1. The lowest BCUT2D eigenvalue weighted by Crippen LogP contribution is -2.41. The van der Waals surface area contributed by atoms with E-state index in [0.717, 1.165) is 10.2 Å². The Balaban J connectivity index is 1.43. The molecular weight excluding hydrogens is 428 g/mol. The molecule has 9 nitrogen and oxygen atoms in total. The summed E-state index contributed by atoms with van der Waals surface area (Å²) in [5.41, 5.74) is 0.358. The SMILES string of the molecule is O=C(Nc1nc2ccccc2s1)C1CCN(S(=O)(=O)c2ccccc2[N+](=O)[O-])CC1. The summed E-state index contributed by atoms with van der Waals surface area (Å²) in [4.78, 5) is 27.2. The highest BCUT2D eigenvalue weighted by atomic mass is 32.2. The molecule has 156 valence electrons. The molecule has 0 atom stereocenters. The van der Waals surface area contributed by atoms with Gasteiger partial charge >= 0.3 is 0 Å². The van der Waals surface area contributed by atoms with Crippen LogP contribution in [0.25, 0.3) is 10.2 Å². The molecule has 4 rings (SSSR count). The Bertz CT molecular complexity index is 1180. The number of amides is 1. The first-order chi connectivity index (χ1) is 14.4. The van der Waals surface area contributed by atoms with Crippen LogP contribution >= 0.6 is 11.3 Å². The summed E-state index contributed by atoms with van der Waals surface area (Å²) in [5, 5.41) is 14.5. The summed E-state index contributed by atoms with van der Waals surface area (Å²) in [6.07, 6.45) is 0.660. The summed E-state index contributed by atoms with van der Waals surface area (Å²) >= 11 is 1.38. The van der Waals surface area contributed by atoms with E-state index in [9.17, 15) is 23.3 Å². The zero-order valence-corrected chi connectivity index (χ0v) is 17.4. The van der Waals surface area contributed by atoms with E-state index < -0.39 is 20.6 Å². The van der Waals surface area contributed by atoms with Crippen LogP contribution < -0.4 is 5.32 Å². The molecule has 1 saturated heterocycles. The quantitative estimate of drug-likeness (QED) is 0.474. The van der Waals surface area contributed by atoms with Gasteiger partial charge in [-0.1, -0.05) is 35.6 Å². The van der Waals surface area contributed by atoms with E-state index in [-0.39, 0.29) is 29.8 Å². The second-order valence-corrected chi connectivity index (χ2v) is 9.82. The summed E-state index contributed by atoms with van der Waals surface area (Å²) in [5.74, 6) is -0.550. The number of rotatable bonds is 5. The molecule has 2 heterocycles. The van der Waals surface area contributed by atoms with E-state index >= 15 is 0 Å². The number of benzene rings is 2. The molecule has 0 radical (unpaired) electrons. The van der Waals surface area contributed by atoms with Gasteiger partial charge in [0.1, 0.15) is 0 Å². The number of nitro benzene ring substituents is 1. The summed E-state index contributed by atoms with van der Waals surface area (Å²) in [7, 11) is -4.01. The maximum Gasteiger partial charge on any atom is 0.289 e. The standard InChI is InChI=1S/C19H18N4O5S2/c24-18(21-19-20-14-5-1-3-7-16(14)29-19)13-9-11-22(12-10-13)30(27,28)17-8-4-2-6-15(17)23(25)26/h1-8,13H,9-12H2,(H,20,21,24). The predicted octanol–water partition coefficient (Wildman–Crippen LogP) is 3.24. The molecule has 1 fully saturated rings. The fourth-order valence-corrected chi connectivity index (χ4v) is 5.95. The molecule has 2 aromatic carbocycles. The van der Waals surface area contributed by atoms with Crippen LogP contribution in [0.1, 0.15) is 12.8 Å². The molecule has 1 aliphatic heterocycles. The molecule has 1 aromatic heterocycles. The van der Waals surface area contributed by atoms with Crippen LogP contribution in [0.3, 0.4) is 0 Å². The van der Waals surface area contributed by atoms with Crippen molar-refractivity contribution in [2.24, 2.45) is 5.92 Å². The number of sulfonamides is 1. The molecule has 0 saturated carbocycles. The molecule has 1 aliphatic rings. The van der Waals surface area contributed by atoms with E-state index in [0.29, 0.717) is 18.0 Å². The van der Waals surface area contributed by atoms with Gasteiger partial charge in [-0.2, -0.15) is 4.31 Å². The van der Waals surface area contributed by atoms with Gasteiger partial charge in [-0.05, 0) is 31.0 Å². The van der Waals surface area contributed by atoms with Gasteiger partial charge in [0.05, 0.1) is 15.1 Å². The topological polar surface area (TPSA) is 123 Å². The van der Waals surface area contributed by atoms with Gasteiger partial charge < -0.3 is 5.32 Å². The summed E-state index contributed by atoms with van der Waals surface area (Å²) in [6.45, 7) is 0.235. The van der Waals surface area contributed by atoms with Crippen LogP contribution in [-0.2, 0) is 14.8 Å². The number of anilines is 1. The average molecular weight is 447 g/mol. The molecule has 0 unspecified atom stereocenters. The van der Waals surface area contributed by atoms with Crippen molar-refractivity contribution >= 4 is 48.3 Å². The van der Waals surface area contributed by atoms with Crippen LogP contribution in [0, 0.1) is 16.0 Å². The molecule has 1 amide bonds. The van der Waals surface area contributed by atoms with Crippen LogP contribution in [0.5, 0.6) is 0 Å². The highest BCUT2D eigenvalue weighted by Gasteiger charge is 2.35. The number of fused-ring (bicyclic) bond motifs is 1. The minimum Gasteiger partial charge on any atom is -0.302 e. The second-order valence-electron chi connectivity index (χ2n) is 6.88. The van der Waals surface area contributed by atoms with Gasteiger partial charge in [0, 0.05) is 25.1 Å². The average Bonchev–Trinajstić information content (AvgIpc) is 3.16. The normalized spacial score (nSPS) is 15.9. The van der Waals surface area contributed by atoms with Crippen molar-refractivity contribution in [3.63, 3.8) is 0 Å². The van der Waals surface area contributed by atoms with Gasteiger partial charge in [0.2, 0.25) is 15.9 Å². The van der Waals surface area contributed by atoms with Crippen LogP contribution in [-0.4, -0.2) is 41.6 Å². The van der Waals surface area contributed by atoms with Crippen LogP contribution in [0.2, 0.25) is 0 Å². The lowest BCUT2D eigenvalue weighted by atomic mass is 9.97. The van der Waals surface area contributed by atoms with Crippen molar-refractivity contribution in [3.05, 3.63) is 58.6 Å². The minimum absolute atomic E-state index is 0.117. The Kier molecular flexibility index (Phi) is 5.50. The van der Waals surface area contributed by atoms with E-state index in [1.165, 1.54) is 39.9 Å². The van der Waals surface area contributed by atoms with E-state index in [1.807, 2.05) is 24.3 Å². The highest BCUT2D eigenvalue weighted by molar-refractivity contribution is 7.89. The molecule has 1 N–H and O–H groups in total. The molecule has 0 bridgehead atoms. The Labute approximate surface area is 176 Å². The first-order valence-corrected chi connectivity index (χ1v) is 11.5. The zero-order valence-electron chi connectivity index (χ0n) is 15.7. The smallest absolute Gasteiger partial charge is 0.289 e. The number of carbonyl (C=O) groups excluding carboxylic acids is 1. The van der Waals surface area contributed by atoms with E-state index in [2.05, 4.69) is 10.3 Å². The van der Waals surface area contributed by atoms with Crippen molar-refractivity contribution in [1.82, 2.24) is 9.29 Å². The maximum absolute atomic E-state index is 12.9. The fourth-order valence-electron chi connectivity index (χ4n) is 3.46. The first-order valence-electron chi connectivity index (χ1n) is 9.26. The van der Waals surface area contributed by atoms with Gasteiger partial charge in [0.15, 0.2) is 10.0 Å². The largest absolute Gasteiger partial charge is 0.302 e. The number of thiazole rings is 1. The number of nitrogens with zero attached hydrogens (tertiary/aromatic N) is 3. The van der Waals surface area contributed by atoms with Crippen molar-refractivity contribution < 1.29 is 18.1 Å². The number of aromatic nitrogens is 1. The third-order valence-corrected chi connectivity index (χ3v) is 7.93. The van der Waals surface area contributed by atoms with Crippen molar-refractivity contribution in [1.29, 1.82) is 0 Å². The monoisotopic (exact) mass is 446 g/mol. The molecule has 0 aliphatic carbocycles. The van der Waals surface area contributed by atoms with Crippen molar-refractivity contribution in [3.8, 4) is 0 Å². The maximum atomic E-state index is 12.9. The highest BCUT2D eigenvalue weighted by Crippen LogP contribution is 2.31. The number of para-hydroxylation sites is 2. The Hall–Kier alpha value is -2.89. The zero-order chi connectivity index (χ0) is 21.3. The van der Waals surface area contributed by atoms with Gasteiger partial charge in [-0.25, -0.2) is 13.4 Å². The third-order valence-electron chi connectivity index (χ3n) is 5.03. The molecule has 0 spiro atoms. The third kappa shape index (κ3) is 3.91. The summed E-state index contributed by atoms with van der Waals surface area (Å²) < 4.78 is 28.0. The van der Waals surface area contributed by atoms with Crippen molar-refractivity contribution in [2.75, 3.05) is 18.4 Å². The van der Waals surface area contributed by atoms with E-state index in [4.69, 9.17) is 0 Å². The lowest BCUT2D eigenvalue weighted by molar-refractivity contribution is -0.387. The number of nitrogens with one attached hydrogen (secondary N) is 1. The van der Waals surface area contributed by atoms with Crippen LogP contribution in [0.4, 0.5) is 10.8 Å². The number of hydrogen-bond acceptors (Lipinski definition) is 7. The minimum atomic E-state index is -4.01. The molecule has 11 heteroatoms. The summed E-state index contributed by atoms with van der Waals surface area (Å²) in [6, 6.07) is 12.9. The van der Waals surface area contributed by atoms with Crippen molar-refractivity contribution in [2.45, 2.75) is 17.7 Å². The number of carbonyl (C=O) groups is 1. The fraction of sp³-hybridized carbons (Fsp3) is 0.263. The number of piperidine rings is 1. The molecule has 30 heavy (non-hydrogen) atoms. The van der Waals surface area contributed by atoms with Crippen LogP contribution in [0.15, 0.2) is 53.4 Å². The van der Waals surface area contributed by atoms with Gasteiger partial charge in [0.25, 0.3) is 5.69 Å². The first kappa shape index (κ1) is 20.4. The Morgan fingerprint density at radius 1 is 1.13 bits per heavy atom.